The van der Waals surface area contributed by atoms with Gasteiger partial charge in [-0.3, -0.25) is 10.1 Å². The van der Waals surface area contributed by atoms with E-state index in [-0.39, 0.29) is 0 Å². The van der Waals surface area contributed by atoms with Crippen LogP contribution in [0.2, 0.25) is 0 Å². The van der Waals surface area contributed by atoms with Gasteiger partial charge < -0.3 is 10.7 Å². The van der Waals surface area contributed by atoms with E-state index in [0.717, 1.165) is 38.8 Å². The van der Waals surface area contributed by atoms with Crippen molar-refractivity contribution in [2.45, 2.75) is 0 Å². The van der Waals surface area contributed by atoms with Gasteiger partial charge in [-0.15, -0.1) is 0 Å². The highest BCUT2D eigenvalue weighted by Gasteiger charge is 2.14. The topological polar surface area (TPSA) is 120 Å². The van der Waals surface area contributed by atoms with Gasteiger partial charge in [0.05, 0.1) is 28.7 Å². The molecule has 5 rings (SSSR count). The fourth-order valence-corrected chi connectivity index (χ4v) is 3.27. The molecule has 4 aromatic heterocycles. The quantitative estimate of drug-likeness (QED) is 0.448. The molecule has 0 aliphatic carbocycles. The van der Waals surface area contributed by atoms with Crippen LogP contribution in [0.4, 0.5) is 5.69 Å². The molecule has 0 aliphatic heterocycles. The minimum absolute atomic E-state index is 0.597. The highest BCUT2D eigenvalue weighted by Crippen LogP contribution is 2.31. The first kappa shape index (κ1) is 15.1. The van der Waals surface area contributed by atoms with Crippen LogP contribution in [0.5, 0.6) is 0 Å². The SMILES string of the molecule is N#Cc1cccc2[nH]c(-c3[nH]nc4ncc(-c5cncc(N)c5)cc34)cc12. The number of nitrogens with zero attached hydrogens (tertiary/aromatic N) is 4. The number of benzene rings is 1. The van der Waals surface area contributed by atoms with E-state index in [1.807, 2.05) is 30.3 Å². The van der Waals surface area contributed by atoms with Gasteiger partial charge in [0.15, 0.2) is 5.65 Å². The van der Waals surface area contributed by atoms with E-state index < -0.39 is 0 Å². The van der Waals surface area contributed by atoms with Crippen LogP contribution in [-0.4, -0.2) is 25.1 Å². The zero-order valence-electron chi connectivity index (χ0n) is 14.1. The van der Waals surface area contributed by atoms with Crippen molar-refractivity contribution in [3.05, 3.63) is 60.6 Å². The Morgan fingerprint density at radius 3 is 2.74 bits per heavy atom. The second-order valence-electron chi connectivity index (χ2n) is 6.26. The Labute approximate surface area is 153 Å². The standard InChI is InChI=1S/C20H13N7/c21-7-11-2-1-3-17-15(11)6-18(25-17)19-16-5-13(9-24-20(16)27-26-19)12-4-14(22)10-23-8-12/h1-6,8-10,25H,22H2,(H,24,26,27). The average molecular weight is 351 g/mol. The molecular formula is C20H13N7. The molecule has 128 valence electrons. The predicted molar refractivity (Wildman–Crippen MR) is 104 cm³/mol. The van der Waals surface area contributed by atoms with Gasteiger partial charge in [0.25, 0.3) is 0 Å². The number of aromatic amines is 2. The van der Waals surface area contributed by atoms with Crippen molar-refractivity contribution in [1.82, 2.24) is 25.1 Å². The fraction of sp³-hybridized carbons (Fsp3) is 0. The van der Waals surface area contributed by atoms with E-state index in [4.69, 9.17) is 5.73 Å². The Bertz CT molecular complexity index is 1350. The number of aromatic nitrogens is 5. The van der Waals surface area contributed by atoms with E-state index in [2.05, 4.69) is 31.2 Å². The van der Waals surface area contributed by atoms with Crippen LogP contribution in [0.15, 0.2) is 55.0 Å². The largest absolute Gasteiger partial charge is 0.397 e. The number of rotatable bonds is 2. The van der Waals surface area contributed by atoms with E-state index in [1.54, 1.807) is 24.7 Å². The monoisotopic (exact) mass is 351 g/mol. The Balaban J connectivity index is 1.70. The van der Waals surface area contributed by atoms with Crippen molar-refractivity contribution >= 4 is 27.6 Å². The molecule has 0 saturated carbocycles. The first-order chi connectivity index (χ1) is 13.2. The molecule has 0 bridgehead atoms. The van der Waals surface area contributed by atoms with Gasteiger partial charge in [-0.05, 0) is 30.3 Å². The Hall–Kier alpha value is -4.18. The Morgan fingerprint density at radius 1 is 1.00 bits per heavy atom. The van der Waals surface area contributed by atoms with E-state index in [0.29, 0.717) is 16.9 Å². The van der Waals surface area contributed by atoms with E-state index in [9.17, 15) is 5.26 Å². The van der Waals surface area contributed by atoms with Crippen molar-refractivity contribution in [3.63, 3.8) is 0 Å². The summed E-state index contributed by atoms with van der Waals surface area (Å²) in [6.07, 6.45) is 5.11. The lowest BCUT2D eigenvalue weighted by Crippen LogP contribution is -1.88. The second kappa shape index (κ2) is 5.68. The summed E-state index contributed by atoms with van der Waals surface area (Å²) in [6, 6.07) is 13.7. The van der Waals surface area contributed by atoms with Gasteiger partial charge in [-0.1, -0.05) is 6.07 Å². The number of anilines is 1. The number of nitrogen functional groups attached to an aromatic ring is 1. The number of nitrogens with one attached hydrogen (secondary N) is 2. The summed E-state index contributed by atoms with van der Waals surface area (Å²) in [5.41, 5.74) is 12.0. The van der Waals surface area contributed by atoms with Crippen LogP contribution in [0.3, 0.4) is 0 Å². The van der Waals surface area contributed by atoms with Crippen LogP contribution in [-0.2, 0) is 0 Å². The van der Waals surface area contributed by atoms with Crippen LogP contribution < -0.4 is 5.73 Å². The molecule has 0 aliphatic rings. The van der Waals surface area contributed by atoms with Gasteiger partial charge in [-0.25, -0.2) is 4.98 Å². The Morgan fingerprint density at radius 2 is 1.89 bits per heavy atom. The maximum atomic E-state index is 9.32. The summed E-state index contributed by atoms with van der Waals surface area (Å²) in [5, 5.41) is 18.4. The minimum atomic E-state index is 0.597. The van der Waals surface area contributed by atoms with Crippen LogP contribution in [0, 0.1) is 11.3 Å². The summed E-state index contributed by atoms with van der Waals surface area (Å²) < 4.78 is 0. The number of hydrogen-bond donors (Lipinski definition) is 3. The highest BCUT2D eigenvalue weighted by atomic mass is 15.2. The normalized spacial score (nSPS) is 11.1. The lowest BCUT2D eigenvalue weighted by atomic mass is 10.1. The zero-order valence-corrected chi connectivity index (χ0v) is 14.1. The number of hydrogen-bond acceptors (Lipinski definition) is 5. The molecule has 1 aromatic carbocycles. The van der Waals surface area contributed by atoms with Gasteiger partial charge in [0.2, 0.25) is 0 Å². The van der Waals surface area contributed by atoms with Crippen LogP contribution in [0.1, 0.15) is 5.56 Å². The molecule has 0 fully saturated rings. The van der Waals surface area contributed by atoms with Crippen molar-refractivity contribution in [2.75, 3.05) is 5.73 Å². The molecule has 0 amide bonds. The second-order valence-corrected chi connectivity index (χ2v) is 6.26. The van der Waals surface area contributed by atoms with Gasteiger partial charge >= 0.3 is 0 Å². The van der Waals surface area contributed by atoms with E-state index in [1.165, 1.54) is 0 Å². The highest BCUT2D eigenvalue weighted by molar-refractivity contribution is 5.97. The van der Waals surface area contributed by atoms with Gasteiger partial charge in [-0.2, -0.15) is 10.4 Å². The van der Waals surface area contributed by atoms with Crippen LogP contribution >= 0.6 is 0 Å². The molecule has 4 N–H and O–H groups in total. The maximum Gasteiger partial charge on any atom is 0.181 e. The first-order valence-electron chi connectivity index (χ1n) is 8.30. The van der Waals surface area contributed by atoms with Gasteiger partial charge in [0, 0.05) is 46.0 Å². The average Bonchev–Trinajstić information content (AvgIpc) is 3.30. The predicted octanol–water partition coefficient (Wildman–Crippen LogP) is 3.62. The molecular weight excluding hydrogens is 338 g/mol. The molecule has 0 saturated heterocycles. The van der Waals surface area contributed by atoms with E-state index >= 15 is 0 Å². The molecule has 4 heterocycles. The number of nitriles is 1. The molecule has 0 spiro atoms. The molecule has 7 heteroatoms. The number of nitrogens with two attached hydrogens (primary N) is 1. The molecule has 7 nitrogen and oxygen atoms in total. The summed E-state index contributed by atoms with van der Waals surface area (Å²) in [5.74, 6) is 0. The number of H-pyrrole nitrogens is 2. The number of fused-ring (bicyclic) bond motifs is 2. The van der Waals surface area contributed by atoms with Crippen molar-refractivity contribution in [2.24, 2.45) is 0 Å². The third-order valence-corrected chi connectivity index (χ3v) is 4.56. The summed E-state index contributed by atoms with van der Waals surface area (Å²) in [6.45, 7) is 0. The fourth-order valence-electron chi connectivity index (χ4n) is 3.27. The summed E-state index contributed by atoms with van der Waals surface area (Å²) in [7, 11) is 0. The molecule has 0 radical (unpaired) electrons. The van der Waals surface area contributed by atoms with Crippen LogP contribution in [0.25, 0.3) is 44.5 Å². The lowest BCUT2D eigenvalue weighted by molar-refractivity contribution is 1.10. The molecule has 5 aromatic rings. The zero-order chi connectivity index (χ0) is 18.4. The third kappa shape index (κ3) is 2.40. The molecule has 27 heavy (non-hydrogen) atoms. The molecule has 0 unspecified atom stereocenters. The van der Waals surface area contributed by atoms with Crippen molar-refractivity contribution in [3.8, 4) is 28.6 Å². The maximum absolute atomic E-state index is 9.32. The first-order valence-corrected chi connectivity index (χ1v) is 8.30. The smallest absolute Gasteiger partial charge is 0.181 e. The van der Waals surface area contributed by atoms with Crippen molar-refractivity contribution < 1.29 is 0 Å². The number of pyridine rings is 2. The van der Waals surface area contributed by atoms with Gasteiger partial charge in [0.1, 0.15) is 0 Å². The Kier molecular flexibility index (Phi) is 3.18. The third-order valence-electron chi connectivity index (χ3n) is 4.56. The lowest BCUT2D eigenvalue weighted by Gasteiger charge is -2.02. The molecule has 0 atom stereocenters. The summed E-state index contributed by atoms with van der Waals surface area (Å²) >= 11 is 0. The van der Waals surface area contributed by atoms with Crippen molar-refractivity contribution in [1.29, 1.82) is 5.26 Å². The minimum Gasteiger partial charge on any atom is -0.397 e. The summed E-state index contributed by atoms with van der Waals surface area (Å²) in [4.78, 5) is 11.9.